The number of aromatic nitrogens is 2. The van der Waals surface area contributed by atoms with Gasteiger partial charge in [-0.25, -0.2) is 0 Å². The molecule has 1 atom stereocenters. The van der Waals surface area contributed by atoms with E-state index in [4.69, 9.17) is 27.6 Å². The molecule has 6 nitrogen and oxygen atoms in total. The topological polar surface area (TPSA) is 71.3 Å². The number of benzene rings is 2. The Bertz CT molecular complexity index is 990. The average Bonchev–Trinajstić information content (AvgIpc) is 3.14. The van der Waals surface area contributed by atoms with Crippen LogP contribution in [0.2, 0.25) is 10.0 Å². The number of rotatable bonds is 6. The van der Waals surface area contributed by atoms with Gasteiger partial charge in [0.25, 0.3) is 0 Å². The molecule has 3 rings (SSSR count). The Labute approximate surface area is 173 Å². The Balaban J connectivity index is 1.63. The van der Waals surface area contributed by atoms with Crippen molar-refractivity contribution < 1.29 is 9.21 Å². The van der Waals surface area contributed by atoms with Crippen molar-refractivity contribution in [3.63, 3.8) is 0 Å². The van der Waals surface area contributed by atoms with Gasteiger partial charge in [-0.3, -0.25) is 9.69 Å². The van der Waals surface area contributed by atoms with E-state index in [9.17, 15) is 4.79 Å². The average molecular weight is 419 g/mol. The molecule has 146 valence electrons. The third-order valence-electron chi connectivity index (χ3n) is 4.32. The van der Waals surface area contributed by atoms with Crippen molar-refractivity contribution >= 4 is 34.8 Å². The molecule has 0 saturated carbocycles. The van der Waals surface area contributed by atoms with E-state index in [-0.39, 0.29) is 18.5 Å². The second-order valence-corrected chi connectivity index (χ2v) is 7.40. The SMILES string of the molecule is Cc1cccc(-c2nnc([C@@H](C)N(C)CC(=O)Nc3ccc(Cl)c(Cl)c3)o2)c1. The van der Waals surface area contributed by atoms with E-state index in [0.717, 1.165) is 11.1 Å². The second-order valence-electron chi connectivity index (χ2n) is 6.58. The van der Waals surface area contributed by atoms with Gasteiger partial charge in [0, 0.05) is 11.3 Å². The zero-order valence-electron chi connectivity index (χ0n) is 15.7. The highest BCUT2D eigenvalue weighted by molar-refractivity contribution is 6.42. The summed E-state index contributed by atoms with van der Waals surface area (Å²) in [7, 11) is 1.82. The van der Waals surface area contributed by atoms with Gasteiger partial charge < -0.3 is 9.73 Å². The Kier molecular flexibility index (Phi) is 6.34. The minimum absolute atomic E-state index is 0.142. The van der Waals surface area contributed by atoms with Gasteiger partial charge in [0.15, 0.2) is 0 Å². The summed E-state index contributed by atoms with van der Waals surface area (Å²) >= 11 is 11.9. The van der Waals surface area contributed by atoms with Gasteiger partial charge in [0.05, 0.1) is 22.6 Å². The zero-order valence-corrected chi connectivity index (χ0v) is 17.3. The molecular formula is C20H20Cl2N4O2. The number of amides is 1. The molecule has 0 spiro atoms. The monoisotopic (exact) mass is 418 g/mol. The molecule has 0 unspecified atom stereocenters. The summed E-state index contributed by atoms with van der Waals surface area (Å²) in [5, 5.41) is 11.9. The molecule has 1 aromatic heterocycles. The Morgan fingerprint density at radius 3 is 2.68 bits per heavy atom. The molecular weight excluding hydrogens is 399 g/mol. The number of hydrogen-bond donors (Lipinski definition) is 1. The lowest BCUT2D eigenvalue weighted by Gasteiger charge is -2.21. The first-order valence-electron chi connectivity index (χ1n) is 8.69. The first-order chi connectivity index (χ1) is 13.3. The minimum Gasteiger partial charge on any atom is -0.419 e. The number of hydrogen-bond acceptors (Lipinski definition) is 5. The molecule has 0 radical (unpaired) electrons. The fraction of sp³-hybridized carbons (Fsp3) is 0.250. The normalized spacial score (nSPS) is 12.2. The molecule has 0 fully saturated rings. The lowest BCUT2D eigenvalue weighted by atomic mass is 10.1. The number of nitrogens with one attached hydrogen (secondary N) is 1. The first-order valence-corrected chi connectivity index (χ1v) is 9.44. The molecule has 8 heteroatoms. The minimum atomic E-state index is -0.231. The van der Waals surface area contributed by atoms with E-state index in [0.29, 0.717) is 27.5 Å². The van der Waals surface area contributed by atoms with Crippen LogP contribution in [0.3, 0.4) is 0 Å². The van der Waals surface area contributed by atoms with Crippen LogP contribution in [0.25, 0.3) is 11.5 Å². The number of carbonyl (C=O) groups is 1. The third-order valence-corrected chi connectivity index (χ3v) is 5.06. The van der Waals surface area contributed by atoms with E-state index < -0.39 is 0 Å². The quantitative estimate of drug-likeness (QED) is 0.610. The number of likely N-dealkylation sites (N-methyl/N-ethyl adjacent to an activating group) is 1. The van der Waals surface area contributed by atoms with Gasteiger partial charge >= 0.3 is 0 Å². The summed E-state index contributed by atoms with van der Waals surface area (Å²) in [4.78, 5) is 14.1. The highest BCUT2D eigenvalue weighted by atomic mass is 35.5. The number of halogens is 2. The van der Waals surface area contributed by atoms with Gasteiger partial charge in [-0.2, -0.15) is 0 Å². The zero-order chi connectivity index (χ0) is 20.3. The Morgan fingerprint density at radius 1 is 1.18 bits per heavy atom. The van der Waals surface area contributed by atoms with Crippen molar-refractivity contribution in [2.75, 3.05) is 18.9 Å². The van der Waals surface area contributed by atoms with E-state index in [1.54, 1.807) is 18.2 Å². The van der Waals surface area contributed by atoms with Crippen LogP contribution in [0.1, 0.15) is 24.4 Å². The molecule has 0 aliphatic rings. The van der Waals surface area contributed by atoms with Gasteiger partial charge in [-0.05, 0) is 51.2 Å². The largest absolute Gasteiger partial charge is 0.419 e. The molecule has 1 N–H and O–H groups in total. The van der Waals surface area contributed by atoms with Crippen molar-refractivity contribution in [2.45, 2.75) is 19.9 Å². The van der Waals surface area contributed by atoms with Crippen molar-refractivity contribution in [1.29, 1.82) is 0 Å². The molecule has 0 aliphatic heterocycles. The first kappa shape index (κ1) is 20.3. The Hall–Kier alpha value is -2.41. The summed E-state index contributed by atoms with van der Waals surface area (Å²) in [6.07, 6.45) is 0. The molecule has 3 aromatic rings. The van der Waals surface area contributed by atoms with Crippen LogP contribution in [0.5, 0.6) is 0 Å². The summed E-state index contributed by atoms with van der Waals surface area (Å²) in [6.45, 7) is 4.05. The maximum atomic E-state index is 12.3. The summed E-state index contributed by atoms with van der Waals surface area (Å²) in [6, 6.07) is 12.6. The van der Waals surface area contributed by atoms with E-state index in [1.807, 2.05) is 50.1 Å². The third kappa shape index (κ3) is 4.90. The highest BCUT2D eigenvalue weighted by Crippen LogP contribution is 2.26. The number of aryl methyl sites for hydroxylation is 1. The maximum Gasteiger partial charge on any atom is 0.247 e. The van der Waals surface area contributed by atoms with Gasteiger partial charge in [-0.15, -0.1) is 10.2 Å². The van der Waals surface area contributed by atoms with Crippen LogP contribution >= 0.6 is 23.2 Å². The van der Waals surface area contributed by atoms with Crippen LogP contribution < -0.4 is 5.32 Å². The smallest absolute Gasteiger partial charge is 0.247 e. The molecule has 0 bridgehead atoms. The molecule has 0 saturated heterocycles. The van der Waals surface area contributed by atoms with Crippen LogP contribution in [-0.2, 0) is 4.79 Å². The number of anilines is 1. The van der Waals surface area contributed by atoms with Gasteiger partial charge in [0.1, 0.15) is 0 Å². The molecule has 28 heavy (non-hydrogen) atoms. The van der Waals surface area contributed by atoms with Crippen LogP contribution in [-0.4, -0.2) is 34.6 Å². The van der Waals surface area contributed by atoms with Crippen LogP contribution in [0, 0.1) is 6.92 Å². The molecule has 0 aliphatic carbocycles. The fourth-order valence-corrected chi connectivity index (χ4v) is 2.92. The predicted octanol–water partition coefficient (Wildman–Crippen LogP) is 4.98. The fourth-order valence-electron chi connectivity index (χ4n) is 2.62. The highest BCUT2D eigenvalue weighted by Gasteiger charge is 2.21. The van der Waals surface area contributed by atoms with Crippen molar-refractivity contribution in [2.24, 2.45) is 0 Å². The molecule has 1 amide bonds. The number of nitrogens with zero attached hydrogens (tertiary/aromatic N) is 3. The second kappa shape index (κ2) is 8.73. The van der Waals surface area contributed by atoms with Gasteiger partial charge in [-0.1, -0.05) is 40.9 Å². The van der Waals surface area contributed by atoms with Crippen molar-refractivity contribution in [1.82, 2.24) is 15.1 Å². The predicted molar refractivity (Wildman–Crippen MR) is 111 cm³/mol. The van der Waals surface area contributed by atoms with Gasteiger partial charge in [0.2, 0.25) is 17.7 Å². The standard InChI is InChI=1S/C20H20Cl2N4O2/c1-12-5-4-6-14(9-12)20-25-24-19(28-20)13(2)26(3)11-18(27)23-15-7-8-16(21)17(22)10-15/h4-10,13H,11H2,1-3H3,(H,23,27)/t13-/m1/s1. The lowest BCUT2D eigenvalue weighted by molar-refractivity contribution is -0.117. The molecule has 2 aromatic carbocycles. The number of carbonyl (C=O) groups excluding carboxylic acids is 1. The van der Waals surface area contributed by atoms with Crippen molar-refractivity contribution in [3.05, 3.63) is 64.0 Å². The van der Waals surface area contributed by atoms with E-state index in [1.165, 1.54) is 0 Å². The van der Waals surface area contributed by atoms with E-state index >= 15 is 0 Å². The summed E-state index contributed by atoms with van der Waals surface area (Å²) in [5.41, 5.74) is 2.56. The summed E-state index contributed by atoms with van der Waals surface area (Å²) in [5.74, 6) is 0.715. The molecule has 1 heterocycles. The van der Waals surface area contributed by atoms with Crippen LogP contribution in [0.15, 0.2) is 46.9 Å². The summed E-state index contributed by atoms with van der Waals surface area (Å²) < 4.78 is 5.81. The van der Waals surface area contributed by atoms with Crippen molar-refractivity contribution in [3.8, 4) is 11.5 Å². The maximum absolute atomic E-state index is 12.3. The lowest BCUT2D eigenvalue weighted by Crippen LogP contribution is -2.32. The van der Waals surface area contributed by atoms with Crippen LogP contribution in [0.4, 0.5) is 5.69 Å². The van der Waals surface area contributed by atoms with E-state index in [2.05, 4.69) is 15.5 Å². The Morgan fingerprint density at radius 2 is 1.96 bits per heavy atom.